The number of carbonyl (C=O) groups is 1. The van der Waals surface area contributed by atoms with E-state index in [1.807, 2.05) is 0 Å². The summed E-state index contributed by atoms with van der Waals surface area (Å²) in [5.41, 5.74) is 5.98. The molecule has 2 aliphatic carbocycles. The summed E-state index contributed by atoms with van der Waals surface area (Å²) in [6.45, 7) is 1.61. The third-order valence-electron chi connectivity index (χ3n) is 4.50. The van der Waals surface area contributed by atoms with E-state index in [0.717, 1.165) is 32.4 Å². The number of hydrogen-bond acceptors (Lipinski definition) is 2. The van der Waals surface area contributed by atoms with Gasteiger partial charge in [0.1, 0.15) is 0 Å². The molecule has 0 saturated heterocycles. The van der Waals surface area contributed by atoms with Crippen molar-refractivity contribution in [1.29, 1.82) is 0 Å². The number of amides is 1. The Hall–Kier alpha value is -0.570. The van der Waals surface area contributed by atoms with Gasteiger partial charge in [-0.1, -0.05) is 25.7 Å². The van der Waals surface area contributed by atoms with Crippen molar-refractivity contribution in [2.24, 2.45) is 17.1 Å². The molecule has 0 unspecified atom stereocenters. The maximum absolute atomic E-state index is 12.1. The van der Waals surface area contributed by atoms with Crippen LogP contribution in [0.3, 0.4) is 0 Å². The molecule has 1 amide bonds. The fraction of sp³-hybridized carbons (Fsp3) is 0.929. The lowest BCUT2D eigenvalue weighted by Crippen LogP contribution is -2.35. The molecule has 0 bridgehead atoms. The lowest BCUT2D eigenvalue weighted by atomic mass is 9.98. The van der Waals surface area contributed by atoms with Gasteiger partial charge in [-0.25, -0.2) is 0 Å². The zero-order chi connectivity index (χ0) is 12.1. The quantitative estimate of drug-likeness (QED) is 0.721. The Bertz CT molecular complexity index is 253. The highest BCUT2D eigenvalue weighted by molar-refractivity contribution is 5.78. The van der Waals surface area contributed by atoms with Crippen LogP contribution in [0, 0.1) is 11.3 Å². The molecule has 0 aliphatic heterocycles. The molecule has 2 saturated carbocycles. The Balaban J connectivity index is 1.72. The topological polar surface area (TPSA) is 55.1 Å². The van der Waals surface area contributed by atoms with E-state index in [1.54, 1.807) is 0 Å². The summed E-state index contributed by atoms with van der Waals surface area (Å²) in [6.07, 6.45) is 10.8. The number of hydrogen-bond donors (Lipinski definition) is 2. The third-order valence-corrected chi connectivity index (χ3v) is 4.50. The second kappa shape index (κ2) is 5.85. The largest absolute Gasteiger partial charge is 0.355 e. The lowest BCUT2D eigenvalue weighted by molar-refractivity contribution is -0.125. The van der Waals surface area contributed by atoms with Gasteiger partial charge >= 0.3 is 0 Å². The van der Waals surface area contributed by atoms with Crippen LogP contribution >= 0.6 is 0 Å². The standard InChI is InChI=1S/C14H26N2O/c15-10-9-14(7-8-14)11-16-13(17)12-5-3-1-2-4-6-12/h12H,1-11,15H2,(H,16,17). The fourth-order valence-corrected chi connectivity index (χ4v) is 2.96. The molecule has 3 N–H and O–H groups in total. The van der Waals surface area contributed by atoms with E-state index in [1.165, 1.54) is 38.5 Å². The average molecular weight is 238 g/mol. The molecule has 0 aromatic heterocycles. The first-order chi connectivity index (χ1) is 8.26. The summed E-state index contributed by atoms with van der Waals surface area (Å²) in [6, 6.07) is 0. The van der Waals surface area contributed by atoms with Crippen LogP contribution in [-0.2, 0) is 4.79 Å². The summed E-state index contributed by atoms with van der Waals surface area (Å²) in [5, 5.41) is 3.17. The summed E-state index contributed by atoms with van der Waals surface area (Å²) in [5.74, 6) is 0.585. The van der Waals surface area contributed by atoms with E-state index in [0.29, 0.717) is 11.3 Å². The van der Waals surface area contributed by atoms with E-state index in [-0.39, 0.29) is 5.92 Å². The van der Waals surface area contributed by atoms with Crippen LogP contribution in [0.15, 0.2) is 0 Å². The van der Waals surface area contributed by atoms with Crippen LogP contribution in [0.1, 0.15) is 57.8 Å². The molecule has 2 aliphatic rings. The maximum Gasteiger partial charge on any atom is 0.223 e. The van der Waals surface area contributed by atoms with Crippen LogP contribution in [0.5, 0.6) is 0 Å². The van der Waals surface area contributed by atoms with Gasteiger partial charge in [-0.2, -0.15) is 0 Å². The molecule has 0 atom stereocenters. The minimum atomic E-state index is 0.283. The van der Waals surface area contributed by atoms with Crippen LogP contribution in [0.25, 0.3) is 0 Å². The van der Waals surface area contributed by atoms with Crippen molar-refractivity contribution < 1.29 is 4.79 Å². The number of carbonyl (C=O) groups excluding carboxylic acids is 1. The first-order valence-electron chi connectivity index (χ1n) is 7.24. The maximum atomic E-state index is 12.1. The van der Waals surface area contributed by atoms with Crippen molar-refractivity contribution in [3.05, 3.63) is 0 Å². The Labute approximate surface area is 105 Å². The minimum Gasteiger partial charge on any atom is -0.355 e. The lowest BCUT2D eigenvalue weighted by Gasteiger charge is -2.18. The molecular formula is C14H26N2O. The van der Waals surface area contributed by atoms with Crippen LogP contribution in [0.2, 0.25) is 0 Å². The third kappa shape index (κ3) is 3.70. The molecule has 17 heavy (non-hydrogen) atoms. The van der Waals surface area contributed by atoms with Crippen LogP contribution < -0.4 is 11.1 Å². The van der Waals surface area contributed by atoms with Crippen LogP contribution in [-0.4, -0.2) is 19.0 Å². The van der Waals surface area contributed by atoms with Crippen molar-refractivity contribution >= 4 is 5.91 Å². The van der Waals surface area contributed by atoms with E-state index >= 15 is 0 Å². The van der Waals surface area contributed by atoms with Gasteiger partial charge in [-0.15, -0.1) is 0 Å². The monoisotopic (exact) mass is 238 g/mol. The summed E-state index contributed by atoms with van der Waals surface area (Å²) in [7, 11) is 0. The average Bonchev–Trinajstić information content (AvgIpc) is 3.10. The zero-order valence-electron chi connectivity index (χ0n) is 10.8. The number of nitrogens with two attached hydrogens (primary N) is 1. The summed E-state index contributed by atoms with van der Waals surface area (Å²) < 4.78 is 0. The predicted octanol–water partition coefficient (Wildman–Crippen LogP) is 2.20. The Morgan fingerprint density at radius 2 is 1.82 bits per heavy atom. The normalized spacial score (nSPS) is 24.1. The van der Waals surface area contributed by atoms with Crippen molar-refractivity contribution in [3.8, 4) is 0 Å². The van der Waals surface area contributed by atoms with Crippen molar-refractivity contribution in [2.75, 3.05) is 13.1 Å². The highest BCUT2D eigenvalue weighted by atomic mass is 16.1. The molecule has 0 radical (unpaired) electrons. The molecule has 3 heteroatoms. The fourth-order valence-electron chi connectivity index (χ4n) is 2.96. The van der Waals surface area contributed by atoms with Gasteiger partial charge < -0.3 is 11.1 Å². The highest BCUT2D eigenvalue weighted by Crippen LogP contribution is 2.47. The van der Waals surface area contributed by atoms with Gasteiger partial charge in [0.25, 0.3) is 0 Å². The molecule has 2 fully saturated rings. The number of rotatable bonds is 5. The molecule has 98 valence electrons. The smallest absolute Gasteiger partial charge is 0.223 e. The zero-order valence-corrected chi connectivity index (χ0v) is 10.8. The van der Waals surface area contributed by atoms with Gasteiger partial charge in [0.15, 0.2) is 0 Å². The Morgan fingerprint density at radius 1 is 1.18 bits per heavy atom. The summed E-state index contributed by atoms with van der Waals surface area (Å²) in [4.78, 5) is 12.1. The molecule has 2 rings (SSSR count). The van der Waals surface area contributed by atoms with Gasteiger partial charge in [-0.3, -0.25) is 4.79 Å². The number of nitrogens with one attached hydrogen (secondary N) is 1. The second-order valence-electron chi connectivity index (χ2n) is 5.94. The molecule has 3 nitrogen and oxygen atoms in total. The van der Waals surface area contributed by atoms with Crippen molar-refractivity contribution in [3.63, 3.8) is 0 Å². The van der Waals surface area contributed by atoms with Crippen molar-refractivity contribution in [1.82, 2.24) is 5.32 Å². The molecule has 0 aromatic rings. The molecule has 0 aromatic carbocycles. The Kier molecular flexibility index (Phi) is 4.43. The summed E-state index contributed by atoms with van der Waals surface area (Å²) >= 11 is 0. The highest BCUT2D eigenvalue weighted by Gasteiger charge is 2.41. The SMILES string of the molecule is NCCC1(CNC(=O)C2CCCCCC2)CC1. The molecule has 0 spiro atoms. The van der Waals surface area contributed by atoms with Gasteiger partial charge in [0, 0.05) is 12.5 Å². The van der Waals surface area contributed by atoms with E-state index in [2.05, 4.69) is 5.32 Å². The molecular weight excluding hydrogens is 212 g/mol. The van der Waals surface area contributed by atoms with E-state index in [4.69, 9.17) is 5.73 Å². The van der Waals surface area contributed by atoms with Crippen molar-refractivity contribution in [2.45, 2.75) is 57.8 Å². The predicted molar refractivity (Wildman–Crippen MR) is 69.5 cm³/mol. The van der Waals surface area contributed by atoms with Crippen LogP contribution in [0.4, 0.5) is 0 Å². The molecule has 0 heterocycles. The Morgan fingerprint density at radius 3 is 2.35 bits per heavy atom. The minimum absolute atomic E-state index is 0.283. The van der Waals surface area contributed by atoms with Gasteiger partial charge in [0.2, 0.25) is 5.91 Å². The van der Waals surface area contributed by atoms with E-state index < -0.39 is 0 Å². The first kappa shape index (κ1) is 12.9. The van der Waals surface area contributed by atoms with Gasteiger partial charge in [-0.05, 0) is 44.1 Å². The second-order valence-corrected chi connectivity index (χ2v) is 5.94. The van der Waals surface area contributed by atoms with Gasteiger partial charge in [0.05, 0.1) is 0 Å². The first-order valence-corrected chi connectivity index (χ1v) is 7.24. The van der Waals surface area contributed by atoms with E-state index in [9.17, 15) is 4.79 Å².